The molecule has 2 atom stereocenters. The van der Waals surface area contributed by atoms with Gasteiger partial charge in [0.15, 0.2) is 1.41 Å². The number of urea groups is 1. The maximum absolute atomic E-state index is 13.0. The Labute approximate surface area is 195 Å². The van der Waals surface area contributed by atoms with Crippen molar-refractivity contribution < 1.29 is 30.1 Å². The fourth-order valence-electron chi connectivity index (χ4n) is 2.74. The van der Waals surface area contributed by atoms with Crippen molar-refractivity contribution in [3.63, 3.8) is 0 Å². The number of anilines is 1. The summed E-state index contributed by atoms with van der Waals surface area (Å²) in [7, 11) is 1.48. The smallest absolute Gasteiger partial charge is 0.328 e. The minimum absolute atomic E-state index is 0.0369. The summed E-state index contributed by atoms with van der Waals surface area (Å²) in [4.78, 5) is 51.2. The topological polar surface area (TPSA) is 114 Å². The van der Waals surface area contributed by atoms with Crippen molar-refractivity contribution in [1.82, 2.24) is 10.6 Å². The Morgan fingerprint density at radius 2 is 1.69 bits per heavy atom. The molecule has 0 radical (unpaired) electrons. The van der Waals surface area contributed by atoms with E-state index in [0.717, 1.165) is 0 Å². The Morgan fingerprint density at radius 1 is 1.09 bits per heavy atom. The highest BCUT2D eigenvalue weighted by Crippen LogP contribution is 2.17. The van der Waals surface area contributed by atoms with Gasteiger partial charge in [0.2, 0.25) is 5.91 Å². The Morgan fingerprint density at radius 3 is 2.22 bits per heavy atom. The highest BCUT2D eigenvalue weighted by molar-refractivity contribution is 6.30. The number of ether oxygens (including phenoxy) is 2. The molecule has 9 nitrogen and oxygen atoms in total. The van der Waals surface area contributed by atoms with Crippen molar-refractivity contribution in [3.8, 4) is 0 Å². The maximum Gasteiger partial charge on any atom is 0.328 e. The van der Waals surface area contributed by atoms with E-state index in [1.54, 1.807) is 52.0 Å². The number of rotatable bonds is 11. The van der Waals surface area contributed by atoms with E-state index in [4.69, 9.17) is 22.5 Å². The van der Waals surface area contributed by atoms with E-state index < -0.39 is 41.9 Å². The fourth-order valence-corrected chi connectivity index (χ4v) is 2.86. The maximum atomic E-state index is 13.0. The molecule has 0 unspecified atom stereocenters. The molecule has 1 aromatic rings. The average molecular weight is 471 g/mol. The second kappa shape index (κ2) is 13.6. The summed E-state index contributed by atoms with van der Waals surface area (Å²) in [6, 6.07) is 3.37. The monoisotopic (exact) mass is 470 g/mol. The van der Waals surface area contributed by atoms with Crippen LogP contribution in [0.3, 0.4) is 0 Å². The first-order valence-electron chi connectivity index (χ1n) is 10.9. The summed E-state index contributed by atoms with van der Waals surface area (Å²) in [5.74, 6) is -2.38. The molecule has 0 spiro atoms. The zero-order valence-electron chi connectivity index (χ0n) is 20.1. The second-order valence-corrected chi connectivity index (χ2v) is 7.73. The minimum Gasteiger partial charge on any atom is -0.466 e. The SMILES string of the molecule is [2H]N(C(=O)N(C)c1ccc(Cl)cc1)[C@H](C(=O)N[C@@H](CCC(=O)OCC)C(=O)OCC)C(C)C. The van der Waals surface area contributed by atoms with Gasteiger partial charge in [0, 0.05) is 24.2 Å². The van der Waals surface area contributed by atoms with E-state index in [-0.39, 0.29) is 26.1 Å². The summed E-state index contributed by atoms with van der Waals surface area (Å²) in [5, 5.41) is 3.60. The lowest BCUT2D eigenvalue weighted by molar-refractivity contribution is -0.149. The van der Waals surface area contributed by atoms with Crippen LogP contribution in [-0.4, -0.2) is 56.2 Å². The number of carbonyl (C=O) groups is 4. The van der Waals surface area contributed by atoms with Gasteiger partial charge in [0.1, 0.15) is 12.1 Å². The van der Waals surface area contributed by atoms with Crippen LogP contribution in [0.1, 0.15) is 40.5 Å². The van der Waals surface area contributed by atoms with Crippen LogP contribution in [0.5, 0.6) is 0 Å². The quantitative estimate of drug-likeness (QED) is 0.480. The molecule has 0 aliphatic rings. The number of halogens is 1. The molecule has 0 fully saturated rings. The highest BCUT2D eigenvalue weighted by atomic mass is 35.5. The average Bonchev–Trinajstić information content (AvgIpc) is 2.76. The largest absolute Gasteiger partial charge is 0.466 e. The van der Waals surface area contributed by atoms with Crippen LogP contribution >= 0.6 is 11.6 Å². The standard InChI is InChI=1S/C22H32ClN3O6/c1-6-31-18(27)13-12-17(21(29)32-7-2)24-20(28)19(14(3)4)25-22(30)26(5)16-10-8-15(23)9-11-16/h8-11,14,17,19H,6-7,12-13H2,1-5H3,(H,24,28)(H,25,30)/t17-,19-/m0/s1/i/hD. The van der Waals surface area contributed by atoms with Crippen LogP contribution in [0, 0.1) is 5.92 Å². The first-order chi connectivity index (χ1) is 15.5. The van der Waals surface area contributed by atoms with Crippen LogP contribution in [0.15, 0.2) is 24.3 Å². The molecule has 0 saturated heterocycles. The van der Waals surface area contributed by atoms with E-state index >= 15 is 0 Å². The zero-order valence-corrected chi connectivity index (χ0v) is 19.8. The molecule has 178 valence electrons. The van der Waals surface area contributed by atoms with E-state index in [1.165, 1.54) is 11.9 Å². The summed E-state index contributed by atoms with van der Waals surface area (Å²) in [6.07, 6.45) is -0.141. The summed E-state index contributed by atoms with van der Waals surface area (Å²) < 4.78 is 18.2. The van der Waals surface area contributed by atoms with Gasteiger partial charge in [-0.1, -0.05) is 25.4 Å². The van der Waals surface area contributed by atoms with Gasteiger partial charge < -0.3 is 20.1 Å². The van der Waals surface area contributed by atoms with Crippen molar-refractivity contribution in [3.05, 3.63) is 29.3 Å². The molecule has 2 N–H and O–H groups in total. The normalized spacial score (nSPS) is 12.9. The summed E-state index contributed by atoms with van der Waals surface area (Å²) >= 11 is 5.88. The van der Waals surface area contributed by atoms with Gasteiger partial charge >= 0.3 is 18.0 Å². The Hall–Kier alpha value is -2.81. The van der Waals surface area contributed by atoms with Crippen LogP contribution in [-0.2, 0) is 23.9 Å². The van der Waals surface area contributed by atoms with Crippen LogP contribution < -0.4 is 15.5 Å². The predicted octanol–water partition coefficient (Wildman–Crippen LogP) is 2.90. The molecule has 1 aromatic carbocycles. The Balaban J connectivity index is 3.00. The Bertz CT molecular complexity index is 821. The molecule has 0 bridgehead atoms. The van der Waals surface area contributed by atoms with E-state index in [2.05, 4.69) is 5.32 Å². The number of esters is 2. The molecular formula is C22H32ClN3O6. The van der Waals surface area contributed by atoms with E-state index in [9.17, 15) is 19.2 Å². The van der Waals surface area contributed by atoms with Crippen molar-refractivity contribution in [2.45, 2.75) is 52.6 Å². The predicted molar refractivity (Wildman–Crippen MR) is 121 cm³/mol. The lowest BCUT2D eigenvalue weighted by atomic mass is 10.0. The van der Waals surface area contributed by atoms with Crippen LogP contribution in [0.4, 0.5) is 10.5 Å². The van der Waals surface area contributed by atoms with Gasteiger partial charge in [-0.25, -0.2) is 9.59 Å². The number of benzene rings is 1. The first kappa shape index (κ1) is 25.5. The van der Waals surface area contributed by atoms with Crippen molar-refractivity contribution in [1.29, 1.82) is 0 Å². The van der Waals surface area contributed by atoms with Gasteiger partial charge in [-0.05, 0) is 50.5 Å². The lowest BCUT2D eigenvalue weighted by Gasteiger charge is -2.27. The van der Waals surface area contributed by atoms with Crippen molar-refractivity contribution >= 4 is 41.2 Å². The first-order valence-corrected chi connectivity index (χ1v) is 10.8. The molecule has 0 aliphatic heterocycles. The number of carbonyl (C=O) groups excluding carboxylic acids is 4. The van der Waals surface area contributed by atoms with Crippen molar-refractivity contribution in [2.75, 3.05) is 25.2 Å². The minimum atomic E-state index is -1.20. The molecule has 1 rings (SSSR count). The molecule has 0 aliphatic carbocycles. The second-order valence-electron chi connectivity index (χ2n) is 7.29. The van der Waals surface area contributed by atoms with Gasteiger partial charge in [0.05, 0.1) is 13.2 Å². The fraction of sp³-hybridized carbons (Fsp3) is 0.545. The number of amides is 3. The molecule has 32 heavy (non-hydrogen) atoms. The zero-order chi connectivity index (χ0) is 25.1. The lowest BCUT2D eigenvalue weighted by Crippen LogP contribution is -2.56. The molecule has 3 amide bonds. The summed E-state index contributed by atoms with van der Waals surface area (Å²) in [5.41, 5.74) is 0.489. The van der Waals surface area contributed by atoms with Gasteiger partial charge in [-0.2, -0.15) is 0 Å². The third-order valence-electron chi connectivity index (χ3n) is 4.48. The van der Waals surface area contributed by atoms with Gasteiger partial charge in [0.25, 0.3) is 0 Å². The van der Waals surface area contributed by atoms with Crippen LogP contribution in [0.2, 0.25) is 6.43 Å². The third-order valence-corrected chi connectivity index (χ3v) is 4.73. The number of nitrogens with zero attached hydrogens (tertiary/aromatic N) is 1. The molecule has 0 saturated carbocycles. The number of nitrogens with one attached hydrogen (secondary N) is 2. The van der Waals surface area contributed by atoms with E-state index in [1.807, 2.05) is 0 Å². The highest BCUT2D eigenvalue weighted by Gasteiger charge is 2.30. The molecule has 0 heterocycles. The van der Waals surface area contributed by atoms with E-state index in [0.29, 0.717) is 16.0 Å². The van der Waals surface area contributed by atoms with Crippen LogP contribution in [0.25, 0.3) is 0 Å². The van der Waals surface area contributed by atoms with Gasteiger partial charge in [-0.3, -0.25) is 14.5 Å². The van der Waals surface area contributed by atoms with Gasteiger partial charge in [-0.15, -0.1) is 0 Å². The number of hydrogen-bond donors (Lipinski definition) is 2. The van der Waals surface area contributed by atoms with Crippen molar-refractivity contribution in [2.24, 2.45) is 5.92 Å². The molecular weight excluding hydrogens is 438 g/mol. The molecule has 10 heteroatoms. The summed E-state index contributed by atoms with van der Waals surface area (Å²) in [6.45, 7) is 6.93. The number of hydrogen-bond acceptors (Lipinski definition) is 6. The Kier molecular flexibility index (Phi) is 10.8. The third kappa shape index (κ3) is 8.74. The molecule has 0 aromatic heterocycles.